The van der Waals surface area contributed by atoms with Crippen LogP contribution in [-0.2, 0) is 11.2 Å². The lowest BCUT2D eigenvalue weighted by molar-refractivity contribution is -0.128. The van der Waals surface area contributed by atoms with Crippen molar-refractivity contribution in [2.24, 2.45) is 5.92 Å². The van der Waals surface area contributed by atoms with Gasteiger partial charge in [0.25, 0.3) is 0 Å². The number of aromatic carboxylic acids is 1. The van der Waals surface area contributed by atoms with Crippen LogP contribution in [0.4, 0.5) is 0 Å². The number of carboxylic acid groups (broad SMARTS) is 1. The van der Waals surface area contributed by atoms with E-state index in [9.17, 15) is 14.7 Å². The van der Waals surface area contributed by atoms with Gasteiger partial charge >= 0.3 is 5.97 Å². The van der Waals surface area contributed by atoms with E-state index in [0.717, 1.165) is 30.7 Å². The first-order valence-electron chi connectivity index (χ1n) is 10.5. The minimum atomic E-state index is -0.932. The smallest absolute Gasteiger partial charge is 0.335 e. The zero-order valence-electron chi connectivity index (χ0n) is 16.4. The number of hydrogen-bond acceptors (Lipinski definition) is 3. The highest BCUT2D eigenvalue weighted by atomic mass is 16.4. The minimum absolute atomic E-state index is 0.0481. The maximum absolute atomic E-state index is 12.2. The number of likely N-dealkylation sites (tertiary alicyclic amines) is 1. The summed E-state index contributed by atoms with van der Waals surface area (Å²) in [5, 5.41) is 19.2. The molecule has 1 aliphatic heterocycles. The minimum Gasteiger partial charge on any atom is -0.478 e. The predicted molar refractivity (Wildman–Crippen MR) is 108 cm³/mol. The molecule has 1 aliphatic carbocycles. The van der Waals surface area contributed by atoms with Gasteiger partial charge in [0.1, 0.15) is 0 Å². The predicted octanol–water partition coefficient (Wildman–Crippen LogP) is 3.81. The normalized spacial score (nSPS) is 21.7. The Bertz CT molecular complexity index is 691. The summed E-state index contributed by atoms with van der Waals surface area (Å²) in [7, 11) is 0. The molecule has 2 N–H and O–H groups in total. The first-order chi connectivity index (χ1) is 13.5. The molecule has 2 fully saturated rings. The second kappa shape index (κ2) is 9.87. The van der Waals surface area contributed by atoms with E-state index in [4.69, 9.17) is 5.11 Å². The fraction of sp³-hybridized carbons (Fsp3) is 0.565. The summed E-state index contributed by atoms with van der Waals surface area (Å²) < 4.78 is 0. The van der Waals surface area contributed by atoms with Crippen molar-refractivity contribution in [1.29, 1.82) is 0 Å². The summed E-state index contributed by atoms with van der Waals surface area (Å²) in [5.74, 6) is -0.00432. The summed E-state index contributed by atoms with van der Waals surface area (Å²) in [4.78, 5) is 25.1. The molecule has 0 aromatic heterocycles. The third-order valence-corrected chi connectivity index (χ3v) is 6.12. The number of carboxylic acids is 1. The molecule has 1 amide bonds. The second-order valence-electron chi connectivity index (χ2n) is 8.13. The maximum atomic E-state index is 12.2. The van der Waals surface area contributed by atoms with Gasteiger partial charge in [-0.05, 0) is 49.3 Å². The van der Waals surface area contributed by atoms with Crippen LogP contribution >= 0.6 is 0 Å². The van der Waals surface area contributed by atoms with Crippen LogP contribution in [-0.4, -0.2) is 45.7 Å². The number of hydrogen-bond donors (Lipinski definition) is 2. The highest BCUT2D eigenvalue weighted by Crippen LogP contribution is 2.29. The Morgan fingerprint density at radius 3 is 2.57 bits per heavy atom. The molecule has 5 nitrogen and oxygen atoms in total. The lowest BCUT2D eigenvalue weighted by Crippen LogP contribution is -2.33. The van der Waals surface area contributed by atoms with Crippen LogP contribution in [0, 0.1) is 5.92 Å². The molecule has 1 heterocycles. The molecule has 28 heavy (non-hydrogen) atoms. The van der Waals surface area contributed by atoms with Crippen molar-refractivity contribution < 1.29 is 19.8 Å². The van der Waals surface area contributed by atoms with Crippen LogP contribution in [0.5, 0.6) is 0 Å². The summed E-state index contributed by atoms with van der Waals surface area (Å²) >= 11 is 0. The lowest BCUT2D eigenvalue weighted by Gasteiger charge is -2.23. The van der Waals surface area contributed by atoms with Gasteiger partial charge in [0.2, 0.25) is 5.91 Å². The monoisotopic (exact) mass is 385 g/mol. The van der Waals surface area contributed by atoms with Crippen LogP contribution in [0.2, 0.25) is 0 Å². The van der Waals surface area contributed by atoms with Gasteiger partial charge in [0, 0.05) is 13.0 Å². The number of amides is 1. The van der Waals surface area contributed by atoms with Gasteiger partial charge < -0.3 is 15.1 Å². The molecule has 0 radical (unpaired) electrons. The van der Waals surface area contributed by atoms with E-state index >= 15 is 0 Å². The van der Waals surface area contributed by atoms with E-state index in [2.05, 4.69) is 0 Å². The number of carbonyl (C=O) groups excluding carboxylic acids is 1. The number of nitrogens with zero attached hydrogens (tertiary/aromatic N) is 1. The lowest BCUT2D eigenvalue weighted by atomic mass is 9.99. The van der Waals surface area contributed by atoms with Crippen LogP contribution in [0.15, 0.2) is 36.4 Å². The Morgan fingerprint density at radius 2 is 1.89 bits per heavy atom. The van der Waals surface area contributed by atoms with Crippen molar-refractivity contribution >= 4 is 11.9 Å². The van der Waals surface area contributed by atoms with Gasteiger partial charge in [-0.25, -0.2) is 4.79 Å². The average molecular weight is 386 g/mol. The Hall–Kier alpha value is -2.14. The molecule has 1 aromatic rings. The summed E-state index contributed by atoms with van der Waals surface area (Å²) in [6, 6.07) is 6.86. The highest BCUT2D eigenvalue weighted by molar-refractivity contribution is 5.87. The number of rotatable bonds is 9. The molecular weight excluding hydrogens is 354 g/mol. The third-order valence-electron chi connectivity index (χ3n) is 6.12. The molecule has 0 bridgehead atoms. The zero-order valence-corrected chi connectivity index (χ0v) is 16.4. The van der Waals surface area contributed by atoms with Crippen LogP contribution < -0.4 is 0 Å². The Balaban J connectivity index is 1.48. The third kappa shape index (κ3) is 5.68. The fourth-order valence-corrected chi connectivity index (χ4v) is 4.37. The van der Waals surface area contributed by atoms with Gasteiger partial charge in [0.15, 0.2) is 0 Å². The molecule has 5 heteroatoms. The molecule has 1 saturated heterocycles. The quantitative estimate of drug-likeness (QED) is 0.634. The van der Waals surface area contributed by atoms with E-state index in [0.29, 0.717) is 19.4 Å². The van der Waals surface area contributed by atoms with Crippen molar-refractivity contribution in [1.82, 2.24) is 4.90 Å². The highest BCUT2D eigenvalue weighted by Gasteiger charge is 2.28. The SMILES string of the molecule is O=C(O)c1ccc(CCN2C(=O)CC[C@@H]2C=C[C@H](O)CCC2CCCC2)cc1. The van der Waals surface area contributed by atoms with Gasteiger partial charge in [-0.15, -0.1) is 0 Å². The van der Waals surface area contributed by atoms with E-state index in [1.807, 2.05) is 29.2 Å². The Kier molecular flexibility index (Phi) is 7.26. The molecule has 2 atom stereocenters. The van der Waals surface area contributed by atoms with Gasteiger partial charge in [0.05, 0.1) is 17.7 Å². The summed E-state index contributed by atoms with van der Waals surface area (Å²) in [6.45, 7) is 0.610. The molecule has 3 rings (SSSR count). The second-order valence-corrected chi connectivity index (χ2v) is 8.13. The van der Waals surface area contributed by atoms with Crippen molar-refractivity contribution in [2.75, 3.05) is 6.54 Å². The Morgan fingerprint density at radius 1 is 1.18 bits per heavy atom. The summed E-state index contributed by atoms with van der Waals surface area (Å²) in [5.41, 5.74) is 1.29. The van der Waals surface area contributed by atoms with Crippen molar-refractivity contribution in [3.63, 3.8) is 0 Å². The Labute approximate surface area is 167 Å². The number of aliphatic hydroxyl groups is 1. The maximum Gasteiger partial charge on any atom is 0.335 e. The first-order valence-corrected chi connectivity index (χ1v) is 10.5. The van der Waals surface area contributed by atoms with E-state index < -0.39 is 12.1 Å². The fourth-order valence-electron chi connectivity index (χ4n) is 4.37. The van der Waals surface area contributed by atoms with Crippen LogP contribution in [0.1, 0.15) is 67.3 Å². The standard InChI is InChI=1S/C23H31NO4/c25-21(12-7-17-3-1-2-4-17)13-10-20-11-14-22(26)24(20)16-15-18-5-8-19(9-6-18)23(27)28/h5-6,8-10,13,17,20-21,25H,1-4,7,11-12,14-16H2,(H,27,28)/t20-,21+/m0/s1. The topological polar surface area (TPSA) is 77.8 Å². The first kappa shape index (κ1) is 20.6. The number of carbonyl (C=O) groups is 2. The van der Waals surface area contributed by atoms with Gasteiger partial charge in [-0.3, -0.25) is 4.79 Å². The number of benzene rings is 1. The number of aliphatic hydroxyl groups excluding tert-OH is 1. The summed E-state index contributed by atoms with van der Waals surface area (Å²) in [6.07, 6.45) is 12.6. The van der Waals surface area contributed by atoms with E-state index in [1.165, 1.54) is 25.7 Å². The van der Waals surface area contributed by atoms with E-state index in [-0.39, 0.29) is 17.5 Å². The molecule has 2 aliphatic rings. The van der Waals surface area contributed by atoms with Crippen LogP contribution in [0.3, 0.4) is 0 Å². The van der Waals surface area contributed by atoms with Crippen molar-refractivity contribution in [2.45, 2.75) is 69.9 Å². The van der Waals surface area contributed by atoms with Crippen LogP contribution in [0.25, 0.3) is 0 Å². The molecule has 152 valence electrons. The molecular formula is C23H31NO4. The largest absolute Gasteiger partial charge is 0.478 e. The van der Waals surface area contributed by atoms with Gasteiger partial charge in [-0.1, -0.05) is 50.0 Å². The molecule has 0 unspecified atom stereocenters. The van der Waals surface area contributed by atoms with Crippen molar-refractivity contribution in [3.05, 3.63) is 47.5 Å². The molecule has 1 saturated carbocycles. The molecule has 0 spiro atoms. The van der Waals surface area contributed by atoms with E-state index in [1.54, 1.807) is 12.1 Å². The molecule has 1 aromatic carbocycles. The average Bonchev–Trinajstić information content (AvgIpc) is 3.33. The zero-order chi connectivity index (χ0) is 19.9. The van der Waals surface area contributed by atoms with Gasteiger partial charge in [-0.2, -0.15) is 0 Å². The van der Waals surface area contributed by atoms with Crippen molar-refractivity contribution in [3.8, 4) is 0 Å².